The van der Waals surface area contributed by atoms with Crippen molar-refractivity contribution < 1.29 is 13.9 Å². The maximum Gasteiger partial charge on any atom is 0.191 e. The molecule has 1 fully saturated rings. The summed E-state index contributed by atoms with van der Waals surface area (Å²) in [5.74, 6) is 0.534. The zero-order valence-corrected chi connectivity index (χ0v) is 17.0. The van der Waals surface area contributed by atoms with Gasteiger partial charge in [0, 0.05) is 33.4 Å². The van der Waals surface area contributed by atoms with E-state index < -0.39 is 0 Å². The summed E-state index contributed by atoms with van der Waals surface area (Å²) in [5, 5.41) is 6.52. The molecule has 156 valence electrons. The van der Waals surface area contributed by atoms with Crippen LogP contribution in [-0.4, -0.2) is 38.9 Å². The smallest absolute Gasteiger partial charge is 0.191 e. The number of hydrogen-bond acceptors (Lipinski definition) is 3. The van der Waals surface area contributed by atoms with Crippen LogP contribution >= 0.6 is 0 Å². The van der Waals surface area contributed by atoms with Crippen molar-refractivity contribution in [2.75, 3.05) is 26.8 Å². The van der Waals surface area contributed by atoms with Gasteiger partial charge in [-0.2, -0.15) is 0 Å². The Bertz CT molecular complexity index is 774. The molecule has 0 aromatic heterocycles. The standard InChI is InChI=1S/C23H30FN3O2/c1-25-23(26-13-10-20-4-2-3-5-22(20)24)27-16-18-6-8-19(9-7-18)17-29-21-11-14-28-15-12-21/h2-9,21H,10-17H2,1H3,(H2,25,26,27). The van der Waals surface area contributed by atoms with Gasteiger partial charge in [-0.25, -0.2) is 4.39 Å². The summed E-state index contributed by atoms with van der Waals surface area (Å²) in [7, 11) is 1.73. The fourth-order valence-electron chi connectivity index (χ4n) is 3.23. The minimum Gasteiger partial charge on any atom is -0.381 e. The molecule has 1 heterocycles. The molecule has 5 nitrogen and oxygen atoms in total. The SMILES string of the molecule is CN=C(NCCc1ccccc1F)NCc1ccc(COC2CCOCC2)cc1. The van der Waals surface area contributed by atoms with Gasteiger partial charge in [0.05, 0.1) is 12.7 Å². The molecule has 0 amide bonds. The monoisotopic (exact) mass is 399 g/mol. The Morgan fingerprint density at radius 3 is 2.52 bits per heavy atom. The van der Waals surface area contributed by atoms with Gasteiger partial charge in [-0.3, -0.25) is 4.99 Å². The van der Waals surface area contributed by atoms with Crippen molar-refractivity contribution in [3.63, 3.8) is 0 Å². The molecule has 0 bridgehead atoms. The normalized spacial score (nSPS) is 15.3. The van der Waals surface area contributed by atoms with Crippen LogP contribution in [0, 0.1) is 5.82 Å². The number of ether oxygens (including phenoxy) is 2. The second-order valence-electron chi connectivity index (χ2n) is 7.13. The Morgan fingerprint density at radius 1 is 1.07 bits per heavy atom. The van der Waals surface area contributed by atoms with Crippen LogP contribution in [0.15, 0.2) is 53.5 Å². The molecule has 29 heavy (non-hydrogen) atoms. The minimum atomic E-state index is -0.168. The molecule has 1 saturated heterocycles. The van der Waals surface area contributed by atoms with Crippen molar-refractivity contribution in [3.8, 4) is 0 Å². The molecule has 6 heteroatoms. The van der Waals surface area contributed by atoms with Crippen LogP contribution in [0.25, 0.3) is 0 Å². The molecule has 0 aliphatic carbocycles. The quantitative estimate of drug-likeness (QED) is 0.528. The summed E-state index contributed by atoms with van der Waals surface area (Å²) >= 11 is 0. The van der Waals surface area contributed by atoms with Crippen molar-refractivity contribution in [2.24, 2.45) is 4.99 Å². The van der Waals surface area contributed by atoms with Gasteiger partial charge in [0.25, 0.3) is 0 Å². The molecule has 1 aliphatic heterocycles. The van der Waals surface area contributed by atoms with Gasteiger partial charge in [0.1, 0.15) is 5.82 Å². The van der Waals surface area contributed by atoms with E-state index in [4.69, 9.17) is 9.47 Å². The third-order valence-electron chi connectivity index (χ3n) is 5.01. The molecule has 0 spiro atoms. The van der Waals surface area contributed by atoms with E-state index in [0.29, 0.717) is 43.7 Å². The third kappa shape index (κ3) is 7.15. The molecule has 2 N–H and O–H groups in total. The maximum absolute atomic E-state index is 13.7. The number of benzene rings is 2. The first-order chi connectivity index (χ1) is 14.2. The van der Waals surface area contributed by atoms with Crippen LogP contribution in [0.2, 0.25) is 0 Å². The van der Waals surface area contributed by atoms with Gasteiger partial charge in [-0.05, 0) is 42.0 Å². The van der Waals surface area contributed by atoms with E-state index in [9.17, 15) is 4.39 Å². The van der Waals surface area contributed by atoms with Crippen molar-refractivity contribution in [2.45, 2.75) is 38.5 Å². The molecule has 0 atom stereocenters. The number of rotatable bonds is 8. The number of guanidine groups is 1. The van der Waals surface area contributed by atoms with Gasteiger partial charge < -0.3 is 20.1 Å². The van der Waals surface area contributed by atoms with Crippen molar-refractivity contribution in [1.82, 2.24) is 10.6 Å². The summed E-state index contributed by atoms with van der Waals surface area (Å²) in [6.07, 6.45) is 2.87. The second-order valence-corrected chi connectivity index (χ2v) is 7.13. The highest BCUT2D eigenvalue weighted by molar-refractivity contribution is 5.79. The summed E-state index contributed by atoms with van der Waals surface area (Å²) in [5.41, 5.74) is 3.04. The van der Waals surface area contributed by atoms with Crippen molar-refractivity contribution >= 4 is 5.96 Å². The van der Waals surface area contributed by atoms with Crippen LogP contribution in [0.3, 0.4) is 0 Å². The highest BCUT2D eigenvalue weighted by atomic mass is 19.1. The second kappa shape index (κ2) is 11.5. The first kappa shape index (κ1) is 21.3. The fourth-order valence-corrected chi connectivity index (χ4v) is 3.23. The van der Waals surface area contributed by atoms with Gasteiger partial charge >= 0.3 is 0 Å². The molecule has 1 aliphatic rings. The van der Waals surface area contributed by atoms with Gasteiger partial charge in [-0.1, -0.05) is 42.5 Å². The van der Waals surface area contributed by atoms with Crippen LogP contribution < -0.4 is 10.6 Å². The van der Waals surface area contributed by atoms with E-state index in [-0.39, 0.29) is 5.82 Å². The summed E-state index contributed by atoms with van der Waals surface area (Å²) in [6, 6.07) is 15.3. The highest BCUT2D eigenvalue weighted by Crippen LogP contribution is 2.14. The van der Waals surface area contributed by atoms with Crippen LogP contribution in [0.1, 0.15) is 29.5 Å². The minimum absolute atomic E-state index is 0.168. The summed E-state index contributed by atoms with van der Waals surface area (Å²) in [4.78, 5) is 4.23. The van der Waals surface area contributed by atoms with E-state index >= 15 is 0 Å². The molecule has 0 radical (unpaired) electrons. The van der Waals surface area contributed by atoms with E-state index in [0.717, 1.165) is 31.6 Å². The number of aliphatic imine (C=N–C) groups is 1. The Hall–Kier alpha value is -2.44. The van der Waals surface area contributed by atoms with Gasteiger partial charge in [0.15, 0.2) is 5.96 Å². The highest BCUT2D eigenvalue weighted by Gasteiger charge is 2.13. The predicted octanol–water partition coefficient (Wildman–Crippen LogP) is 3.43. The summed E-state index contributed by atoms with van der Waals surface area (Å²) in [6.45, 7) is 3.51. The van der Waals surface area contributed by atoms with E-state index in [1.54, 1.807) is 19.2 Å². The number of hydrogen-bond donors (Lipinski definition) is 2. The van der Waals surface area contributed by atoms with Gasteiger partial charge in [0.2, 0.25) is 0 Å². The molecule has 0 unspecified atom stereocenters. The lowest BCUT2D eigenvalue weighted by atomic mass is 10.1. The zero-order valence-electron chi connectivity index (χ0n) is 17.0. The first-order valence-corrected chi connectivity index (χ1v) is 10.2. The molecule has 3 rings (SSSR count). The fraction of sp³-hybridized carbons (Fsp3) is 0.435. The Kier molecular flexibility index (Phi) is 8.46. The van der Waals surface area contributed by atoms with Gasteiger partial charge in [-0.15, -0.1) is 0 Å². The lowest BCUT2D eigenvalue weighted by Crippen LogP contribution is -2.37. The van der Waals surface area contributed by atoms with E-state index in [2.05, 4.69) is 39.9 Å². The largest absolute Gasteiger partial charge is 0.381 e. The lowest BCUT2D eigenvalue weighted by Gasteiger charge is -2.22. The average molecular weight is 400 g/mol. The third-order valence-corrected chi connectivity index (χ3v) is 5.01. The number of nitrogens with one attached hydrogen (secondary N) is 2. The molecular formula is C23H30FN3O2. The number of halogens is 1. The first-order valence-electron chi connectivity index (χ1n) is 10.2. The Morgan fingerprint density at radius 2 is 1.79 bits per heavy atom. The molecular weight excluding hydrogens is 369 g/mol. The molecule has 0 saturated carbocycles. The van der Waals surface area contributed by atoms with E-state index in [1.807, 2.05) is 6.07 Å². The number of nitrogens with zero attached hydrogens (tertiary/aromatic N) is 1. The predicted molar refractivity (Wildman–Crippen MR) is 113 cm³/mol. The van der Waals surface area contributed by atoms with Crippen LogP contribution in [0.4, 0.5) is 4.39 Å². The van der Waals surface area contributed by atoms with Crippen molar-refractivity contribution in [3.05, 3.63) is 71.0 Å². The Labute approximate surface area is 172 Å². The van der Waals surface area contributed by atoms with E-state index in [1.165, 1.54) is 11.6 Å². The van der Waals surface area contributed by atoms with Crippen LogP contribution in [-0.2, 0) is 29.0 Å². The summed E-state index contributed by atoms with van der Waals surface area (Å²) < 4.78 is 25.0. The maximum atomic E-state index is 13.7. The molecule has 2 aromatic carbocycles. The Balaban J connectivity index is 1.38. The zero-order chi connectivity index (χ0) is 20.3. The van der Waals surface area contributed by atoms with Crippen LogP contribution in [0.5, 0.6) is 0 Å². The average Bonchev–Trinajstić information content (AvgIpc) is 2.77. The van der Waals surface area contributed by atoms with Crippen molar-refractivity contribution in [1.29, 1.82) is 0 Å². The lowest BCUT2D eigenvalue weighted by molar-refractivity contribution is -0.0390. The topological polar surface area (TPSA) is 54.9 Å². The molecule has 2 aromatic rings.